The van der Waals surface area contributed by atoms with E-state index in [0.29, 0.717) is 22.4 Å². The smallest absolute Gasteiger partial charge is 0.258 e. The monoisotopic (exact) mass is 351 g/mol. The fourth-order valence-corrected chi connectivity index (χ4v) is 3.69. The fraction of sp³-hybridized carbons (Fsp3) is 0.368. The van der Waals surface area contributed by atoms with Crippen LogP contribution in [0.25, 0.3) is 11.1 Å². The number of likely N-dealkylation sites (tertiary alicyclic amines) is 1. The number of nitrogens with one attached hydrogen (secondary N) is 1. The van der Waals surface area contributed by atoms with Gasteiger partial charge in [-0.25, -0.2) is 9.97 Å². The SMILES string of the molecule is CNc1cc([C@H]2CCCN2C(=O)c2cc(C)nc3onc(C)c23)ccn1. The van der Waals surface area contributed by atoms with E-state index >= 15 is 0 Å². The summed E-state index contributed by atoms with van der Waals surface area (Å²) in [4.78, 5) is 24.0. The summed E-state index contributed by atoms with van der Waals surface area (Å²) in [6, 6.07) is 5.86. The number of rotatable bonds is 3. The lowest BCUT2D eigenvalue weighted by atomic mass is 10.0. The van der Waals surface area contributed by atoms with Crippen molar-refractivity contribution in [3.8, 4) is 0 Å². The molecule has 1 fully saturated rings. The molecule has 7 heteroatoms. The Balaban J connectivity index is 1.75. The molecule has 0 unspecified atom stereocenters. The Bertz CT molecular complexity index is 981. The van der Waals surface area contributed by atoms with Crippen LogP contribution in [-0.2, 0) is 0 Å². The molecule has 0 aromatic carbocycles. The van der Waals surface area contributed by atoms with Gasteiger partial charge in [0.15, 0.2) is 0 Å². The predicted molar refractivity (Wildman–Crippen MR) is 98.1 cm³/mol. The molecule has 1 amide bonds. The van der Waals surface area contributed by atoms with Gasteiger partial charge >= 0.3 is 0 Å². The van der Waals surface area contributed by atoms with E-state index in [2.05, 4.69) is 20.4 Å². The van der Waals surface area contributed by atoms with Crippen molar-refractivity contribution in [1.82, 2.24) is 20.0 Å². The second kappa shape index (κ2) is 6.40. The van der Waals surface area contributed by atoms with E-state index in [1.54, 1.807) is 6.20 Å². The van der Waals surface area contributed by atoms with Gasteiger partial charge in [0, 0.05) is 25.5 Å². The quantitative estimate of drug-likeness (QED) is 0.780. The van der Waals surface area contributed by atoms with Crippen LogP contribution in [0.15, 0.2) is 28.9 Å². The Morgan fingerprint density at radius 3 is 3.00 bits per heavy atom. The first-order valence-corrected chi connectivity index (χ1v) is 8.77. The maximum Gasteiger partial charge on any atom is 0.258 e. The minimum absolute atomic E-state index is 0.00267. The largest absolute Gasteiger partial charge is 0.373 e. The molecule has 1 aliphatic heterocycles. The van der Waals surface area contributed by atoms with Crippen LogP contribution in [0.4, 0.5) is 5.82 Å². The fourth-order valence-electron chi connectivity index (χ4n) is 3.69. The lowest BCUT2D eigenvalue weighted by Crippen LogP contribution is -2.31. The molecule has 1 N–H and O–H groups in total. The van der Waals surface area contributed by atoms with Crippen LogP contribution in [0.2, 0.25) is 0 Å². The number of carbonyl (C=O) groups is 1. The second-order valence-electron chi connectivity index (χ2n) is 6.64. The highest BCUT2D eigenvalue weighted by molar-refractivity contribution is 6.06. The standard InChI is InChI=1S/C19H21N5O2/c1-11-9-14(17-12(2)23-26-18(17)22-11)19(25)24-8-4-5-15(24)13-6-7-21-16(10-13)20-3/h6-7,9-10,15H,4-5,8H2,1-3H3,(H,20,21)/t15-/m1/s1. The van der Waals surface area contributed by atoms with E-state index in [1.165, 1.54) is 0 Å². The Morgan fingerprint density at radius 1 is 1.35 bits per heavy atom. The Labute approximate surface area is 151 Å². The van der Waals surface area contributed by atoms with Crippen LogP contribution in [0.1, 0.15) is 46.2 Å². The molecule has 134 valence electrons. The van der Waals surface area contributed by atoms with Crippen molar-refractivity contribution in [3.63, 3.8) is 0 Å². The molecule has 1 aliphatic rings. The highest BCUT2D eigenvalue weighted by atomic mass is 16.5. The summed E-state index contributed by atoms with van der Waals surface area (Å²) < 4.78 is 5.28. The molecule has 26 heavy (non-hydrogen) atoms. The highest BCUT2D eigenvalue weighted by Crippen LogP contribution is 2.35. The number of fused-ring (bicyclic) bond motifs is 1. The lowest BCUT2D eigenvalue weighted by molar-refractivity contribution is 0.0737. The molecule has 7 nitrogen and oxygen atoms in total. The highest BCUT2D eigenvalue weighted by Gasteiger charge is 2.32. The van der Waals surface area contributed by atoms with E-state index in [9.17, 15) is 4.79 Å². The Morgan fingerprint density at radius 2 is 2.19 bits per heavy atom. The van der Waals surface area contributed by atoms with Gasteiger partial charge in [-0.15, -0.1) is 0 Å². The third-order valence-electron chi connectivity index (χ3n) is 4.91. The Hall–Kier alpha value is -2.96. The van der Waals surface area contributed by atoms with Gasteiger partial charge in [-0.2, -0.15) is 0 Å². The number of nitrogens with zero attached hydrogens (tertiary/aromatic N) is 4. The average molecular weight is 351 g/mol. The van der Waals surface area contributed by atoms with Crippen molar-refractivity contribution in [2.75, 3.05) is 18.9 Å². The number of carbonyl (C=O) groups excluding carboxylic acids is 1. The van der Waals surface area contributed by atoms with E-state index in [1.807, 2.05) is 44.0 Å². The molecule has 1 atom stereocenters. The summed E-state index contributed by atoms with van der Waals surface area (Å²) in [5, 5.41) is 7.75. The van der Waals surface area contributed by atoms with Crippen molar-refractivity contribution in [2.24, 2.45) is 0 Å². The van der Waals surface area contributed by atoms with Crippen LogP contribution in [-0.4, -0.2) is 39.5 Å². The average Bonchev–Trinajstić information content (AvgIpc) is 3.28. The van der Waals surface area contributed by atoms with Crippen molar-refractivity contribution in [3.05, 3.63) is 46.9 Å². The van der Waals surface area contributed by atoms with Crippen LogP contribution in [0.5, 0.6) is 0 Å². The first-order valence-electron chi connectivity index (χ1n) is 8.77. The topological polar surface area (TPSA) is 84.2 Å². The van der Waals surface area contributed by atoms with Crippen molar-refractivity contribution in [1.29, 1.82) is 0 Å². The van der Waals surface area contributed by atoms with Gasteiger partial charge in [0.1, 0.15) is 5.82 Å². The van der Waals surface area contributed by atoms with E-state index in [-0.39, 0.29) is 11.9 Å². The number of hydrogen-bond donors (Lipinski definition) is 1. The third-order valence-corrected chi connectivity index (χ3v) is 4.91. The van der Waals surface area contributed by atoms with Gasteiger partial charge in [0.2, 0.25) is 0 Å². The molecule has 0 saturated carbocycles. The summed E-state index contributed by atoms with van der Waals surface area (Å²) in [7, 11) is 1.84. The molecule has 1 saturated heterocycles. The van der Waals surface area contributed by atoms with Crippen molar-refractivity contribution >= 4 is 22.8 Å². The maximum atomic E-state index is 13.4. The molecule has 3 aromatic rings. The summed E-state index contributed by atoms with van der Waals surface area (Å²) in [6.45, 7) is 4.43. The number of aryl methyl sites for hydroxylation is 2. The summed E-state index contributed by atoms with van der Waals surface area (Å²) in [5.74, 6) is 0.802. The van der Waals surface area contributed by atoms with Crippen LogP contribution < -0.4 is 5.32 Å². The van der Waals surface area contributed by atoms with E-state index in [0.717, 1.165) is 36.5 Å². The number of anilines is 1. The second-order valence-corrected chi connectivity index (χ2v) is 6.64. The lowest BCUT2D eigenvalue weighted by Gasteiger charge is -2.25. The van der Waals surface area contributed by atoms with Crippen LogP contribution in [0.3, 0.4) is 0 Å². The number of hydrogen-bond acceptors (Lipinski definition) is 6. The molecule has 0 bridgehead atoms. The van der Waals surface area contributed by atoms with Gasteiger partial charge in [-0.05, 0) is 50.5 Å². The van der Waals surface area contributed by atoms with Gasteiger partial charge in [0.25, 0.3) is 11.6 Å². The van der Waals surface area contributed by atoms with Crippen LogP contribution in [0, 0.1) is 13.8 Å². The van der Waals surface area contributed by atoms with Gasteiger partial charge in [0.05, 0.1) is 22.7 Å². The molecule has 4 rings (SSSR count). The first-order chi connectivity index (χ1) is 12.6. The normalized spacial score (nSPS) is 17.0. The summed E-state index contributed by atoms with van der Waals surface area (Å²) in [5.41, 5.74) is 3.56. The zero-order valence-electron chi connectivity index (χ0n) is 15.1. The molecule has 0 radical (unpaired) electrons. The maximum absolute atomic E-state index is 13.4. The zero-order chi connectivity index (χ0) is 18.3. The van der Waals surface area contributed by atoms with E-state index in [4.69, 9.17) is 4.52 Å². The molecular weight excluding hydrogens is 330 g/mol. The molecule has 3 aromatic heterocycles. The van der Waals surface area contributed by atoms with Crippen molar-refractivity contribution in [2.45, 2.75) is 32.7 Å². The summed E-state index contributed by atoms with van der Waals surface area (Å²) >= 11 is 0. The minimum atomic E-state index is -0.00267. The van der Waals surface area contributed by atoms with Crippen LogP contribution >= 0.6 is 0 Å². The molecule has 0 aliphatic carbocycles. The van der Waals surface area contributed by atoms with Gasteiger partial charge in [-0.3, -0.25) is 4.79 Å². The third kappa shape index (κ3) is 2.69. The van der Waals surface area contributed by atoms with E-state index < -0.39 is 0 Å². The van der Waals surface area contributed by atoms with Gasteiger partial charge < -0.3 is 14.7 Å². The summed E-state index contributed by atoms with van der Waals surface area (Å²) in [6.07, 6.45) is 3.69. The molecule has 0 spiro atoms. The number of amides is 1. The number of aromatic nitrogens is 3. The van der Waals surface area contributed by atoms with Crippen molar-refractivity contribution < 1.29 is 9.32 Å². The first kappa shape index (κ1) is 16.5. The van der Waals surface area contributed by atoms with Gasteiger partial charge in [-0.1, -0.05) is 5.16 Å². The number of pyridine rings is 2. The zero-order valence-corrected chi connectivity index (χ0v) is 15.1. The predicted octanol–water partition coefficient (Wildman–Crippen LogP) is 3.25. The Kier molecular flexibility index (Phi) is 4.06. The molecular formula is C19H21N5O2. The minimum Gasteiger partial charge on any atom is -0.373 e. The molecule has 4 heterocycles.